The molecule has 1 aliphatic rings. The average molecular weight is 354 g/mol. The number of pyridine rings is 1. The second-order valence-electron chi connectivity index (χ2n) is 4.38. The Bertz CT molecular complexity index is 599. The van der Waals surface area contributed by atoms with Crippen molar-refractivity contribution in [2.45, 2.75) is 12.1 Å². The Morgan fingerprint density at radius 1 is 1.37 bits per heavy atom. The monoisotopic (exact) mass is 353 g/mol. The molecule has 0 bridgehead atoms. The number of halogens is 1. The fourth-order valence-electron chi connectivity index (χ4n) is 2.30. The van der Waals surface area contributed by atoms with Gasteiger partial charge in [-0.3, -0.25) is 4.98 Å². The molecule has 1 saturated heterocycles. The van der Waals surface area contributed by atoms with Gasteiger partial charge in [0.05, 0.1) is 21.6 Å². The molecule has 3 heterocycles. The summed E-state index contributed by atoms with van der Waals surface area (Å²) in [5.74, 6) is 0. The van der Waals surface area contributed by atoms with Gasteiger partial charge in [0.2, 0.25) is 0 Å². The molecule has 0 aromatic carbocycles. The van der Waals surface area contributed by atoms with Crippen LogP contribution in [0.5, 0.6) is 0 Å². The Kier molecular flexibility index (Phi) is 3.56. The van der Waals surface area contributed by atoms with Gasteiger partial charge in [0, 0.05) is 18.1 Å². The van der Waals surface area contributed by atoms with Crippen molar-refractivity contribution in [2.24, 2.45) is 0 Å². The number of thiophene rings is 1. The lowest BCUT2D eigenvalue weighted by atomic mass is 10.0. The second kappa shape index (κ2) is 5.19. The van der Waals surface area contributed by atoms with E-state index < -0.39 is 0 Å². The van der Waals surface area contributed by atoms with Crippen LogP contribution in [0, 0.1) is 0 Å². The zero-order chi connectivity index (χ0) is 13.4. The molecule has 2 unspecified atom stereocenters. The summed E-state index contributed by atoms with van der Waals surface area (Å²) in [4.78, 5) is 7.84. The van der Waals surface area contributed by atoms with E-state index in [2.05, 4.69) is 43.3 Å². The van der Waals surface area contributed by atoms with Gasteiger partial charge in [-0.15, -0.1) is 11.3 Å². The molecule has 3 rings (SSSR count). The summed E-state index contributed by atoms with van der Waals surface area (Å²) in [6, 6.07) is 10.5. The summed E-state index contributed by atoms with van der Waals surface area (Å²) in [5.41, 5.74) is 1.02. The number of hydrogen-bond donors (Lipinski definition) is 1. The Morgan fingerprint density at radius 3 is 2.84 bits per heavy atom. The first-order valence-electron chi connectivity index (χ1n) is 5.86. The highest BCUT2D eigenvalue weighted by Crippen LogP contribution is 2.41. The number of thiocarbonyl (C=S) groups is 1. The van der Waals surface area contributed by atoms with Crippen molar-refractivity contribution in [1.82, 2.24) is 15.2 Å². The Balaban J connectivity index is 2.01. The molecule has 2 aromatic rings. The van der Waals surface area contributed by atoms with E-state index in [-0.39, 0.29) is 12.1 Å². The minimum Gasteiger partial charge on any atom is -0.352 e. The molecular weight excluding hydrogens is 342 g/mol. The maximum Gasteiger partial charge on any atom is 0.169 e. The first-order valence-corrected chi connectivity index (χ1v) is 7.88. The maximum absolute atomic E-state index is 5.38. The summed E-state index contributed by atoms with van der Waals surface area (Å²) in [5, 5.41) is 4.13. The zero-order valence-corrected chi connectivity index (χ0v) is 13.4. The Labute approximate surface area is 129 Å². The maximum atomic E-state index is 5.38. The van der Waals surface area contributed by atoms with Crippen LogP contribution in [0.1, 0.15) is 22.7 Å². The van der Waals surface area contributed by atoms with E-state index in [1.165, 1.54) is 4.88 Å². The van der Waals surface area contributed by atoms with Crippen LogP contribution < -0.4 is 5.32 Å². The van der Waals surface area contributed by atoms with E-state index in [1.54, 1.807) is 11.3 Å². The van der Waals surface area contributed by atoms with E-state index in [0.717, 1.165) is 14.6 Å². The van der Waals surface area contributed by atoms with Crippen LogP contribution in [0.15, 0.2) is 40.3 Å². The van der Waals surface area contributed by atoms with Crippen molar-refractivity contribution < 1.29 is 0 Å². The number of hydrogen-bond acceptors (Lipinski definition) is 3. The van der Waals surface area contributed by atoms with E-state index in [1.807, 2.05) is 31.4 Å². The van der Waals surface area contributed by atoms with Crippen LogP contribution >= 0.6 is 39.5 Å². The number of aromatic nitrogens is 1. The van der Waals surface area contributed by atoms with Crippen molar-refractivity contribution in [1.29, 1.82) is 0 Å². The average Bonchev–Trinajstić information content (AvgIpc) is 2.96. The summed E-state index contributed by atoms with van der Waals surface area (Å²) >= 11 is 10.6. The van der Waals surface area contributed by atoms with Gasteiger partial charge in [-0.2, -0.15) is 0 Å². The van der Waals surface area contributed by atoms with Crippen LogP contribution in [0.2, 0.25) is 0 Å². The van der Waals surface area contributed by atoms with Crippen molar-refractivity contribution in [3.8, 4) is 0 Å². The molecule has 0 spiro atoms. The number of likely N-dealkylation sites (N-methyl/N-ethyl adjacent to an activating group) is 1. The van der Waals surface area contributed by atoms with Crippen molar-refractivity contribution in [2.75, 3.05) is 7.05 Å². The van der Waals surface area contributed by atoms with Crippen LogP contribution in [0.25, 0.3) is 0 Å². The molecular formula is C13H12BrN3S2. The standard InChI is InChI=1S/C13H12BrN3S2/c1-17-12(9-5-6-10(14)19-9)11(16-13(17)18)8-4-2-3-7-15-8/h2-7,11-12H,1H3,(H,16,18). The lowest BCUT2D eigenvalue weighted by Crippen LogP contribution is -2.24. The molecule has 1 aliphatic heterocycles. The quantitative estimate of drug-likeness (QED) is 0.836. The Hall–Kier alpha value is -0.980. The summed E-state index contributed by atoms with van der Waals surface area (Å²) in [6.45, 7) is 0. The number of rotatable bonds is 2. The topological polar surface area (TPSA) is 28.2 Å². The van der Waals surface area contributed by atoms with Gasteiger partial charge in [0.1, 0.15) is 0 Å². The van der Waals surface area contributed by atoms with Gasteiger partial charge in [-0.05, 0) is 52.4 Å². The molecule has 3 nitrogen and oxygen atoms in total. The molecule has 6 heteroatoms. The predicted molar refractivity (Wildman–Crippen MR) is 85.2 cm³/mol. The molecule has 98 valence electrons. The van der Waals surface area contributed by atoms with Crippen molar-refractivity contribution in [3.05, 3.63) is 50.9 Å². The second-order valence-corrected chi connectivity index (χ2v) is 7.26. The normalized spacial score (nSPS) is 22.6. The molecule has 2 atom stereocenters. The van der Waals surface area contributed by atoms with Gasteiger partial charge in [-0.1, -0.05) is 6.07 Å². The van der Waals surface area contributed by atoms with Crippen molar-refractivity contribution >= 4 is 44.6 Å². The van der Waals surface area contributed by atoms with E-state index in [0.29, 0.717) is 0 Å². The summed E-state index contributed by atoms with van der Waals surface area (Å²) < 4.78 is 1.13. The van der Waals surface area contributed by atoms with Crippen molar-refractivity contribution in [3.63, 3.8) is 0 Å². The van der Waals surface area contributed by atoms with Gasteiger partial charge < -0.3 is 10.2 Å². The van der Waals surface area contributed by atoms with Crippen LogP contribution in [-0.2, 0) is 0 Å². The molecule has 2 aromatic heterocycles. The summed E-state index contributed by atoms with van der Waals surface area (Å²) in [7, 11) is 2.02. The minimum atomic E-state index is 0.101. The largest absolute Gasteiger partial charge is 0.352 e. The summed E-state index contributed by atoms with van der Waals surface area (Å²) in [6.07, 6.45) is 1.82. The van der Waals surface area contributed by atoms with Crippen LogP contribution in [-0.4, -0.2) is 22.0 Å². The number of nitrogens with zero attached hydrogens (tertiary/aromatic N) is 2. The van der Waals surface area contributed by atoms with Gasteiger partial charge >= 0.3 is 0 Å². The zero-order valence-electron chi connectivity index (χ0n) is 10.2. The minimum absolute atomic E-state index is 0.101. The molecule has 0 saturated carbocycles. The van der Waals surface area contributed by atoms with Crippen LogP contribution in [0.4, 0.5) is 0 Å². The lowest BCUT2D eigenvalue weighted by molar-refractivity contribution is 0.374. The molecule has 0 aliphatic carbocycles. The number of nitrogens with one attached hydrogen (secondary N) is 1. The predicted octanol–water partition coefficient (Wildman–Crippen LogP) is 3.51. The fraction of sp³-hybridized carbons (Fsp3) is 0.231. The smallest absolute Gasteiger partial charge is 0.169 e. The van der Waals surface area contributed by atoms with Gasteiger partial charge in [0.15, 0.2) is 5.11 Å². The molecule has 19 heavy (non-hydrogen) atoms. The molecule has 1 fully saturated rings. The first kappa shape index (κ1) is 13.0. The fourth-order valence-corrected chi connectivity index (χ4v) is 4.15. The SMILES string of the molecule is CN1C(=S)NC(c2ccccn2)C1c1ccc(Br)s1. The molecule has 0 amide bonds. The first-order chi connectivity index (χ1) is 9.16. The molecule has 1 N–H and O–H groups in total. The molecule has 0 radical (unpaired) electrons. The lowest BCUT2D eigenvalue weighted by Gasteiger charge is -2.22. The van der Waals surface area contributed by atoms with E-state index >= 15 is 0 Å². The Morgan fingerprint density at radius 2 is 2.21 bits per heavy atom. The van der Waals surface area contributed by atoms with Crippen LogP contribution in [0.3, 0.4) is 0 Å². The van der Waals surface area contributed by atoms with E-state index in [4.69, 9.17) is 12.2 Å². The third-order valence-electron chi connectivity index (χ3n) is 3.22. The highest BCUT2D eigenvalue weighted by atomic mass is 79.9. The third kappa shape index (κ3) is 2.40. The van der Waals surface area contributed by atoms with Gasteiger partial charge in [-0.25, -0.2) is 0 Å². The highest BCUT2D eigenvalue weighted by molar-refractivity contribution is 9.11. The third-order valence-corrected chi connectivity index (χ3v) is 5.32. The van der Waals surface area contributed by atoms with Gasteiger partial charge in [0.25, 0.3) is 0 Å². The van der Waals surface area contributed by atoms with E-state index in [9.17, 15) is 0 Å². The highest BCUT2D eigenvalue weighted by Gasteiger charge is 2.38.